The van der Waals surface area contributed by atoms with Gasteiger partial charge in [-0.1, -0.05) is 0 Å². The van der Waals surface area contributed by atoms with Crippen LogP contribution in [0.1, 0.15) is 61.8 Å². The molecule has 3 aromatic rings. The maximum absolute atomic E-state index is 13.4. The molecule has 0 bridgehead atoms. The van der Waals surface area contributed by atoms with Gasteiger partial charge < -0.3 is 30.4 Å². The monoisotopic (exact) mass is 495 g/mol. The van der Waals surface area contributed by atoms with Gasteiger partial charge in [0, 0.05) is 32.5 Å². The standard InChI is InChI=1S/C25H33N7O4/c1-25(36-3)10-8-15(9-11-25)31-12-4-5-17(24(31)35)28-20-13-21(30(2)18-6-7-19(18)33)32-23(29-20)16(14-27-32)22(26)34/h4-5,12-15,18-19,33H,6-11H2,1-3H3,(H2,26,34)(H,28,29)/t15?,18-,19+,25?/m1/s1. The second-order valence-electron chi connectivity index (χ2n) is 10.1. The molecule has 0 aromatic carbocycles. The number of anilines is 3. The van der Waals surface area contributed by atoms with Crippen molar-refractivity contribution < 1.29 is 14.6 Å². The smallest absolute Gasteiger partial charge is 0.274 e. The maximum atomic E-state index is 13.4. The van der Waals surface area contributed by atoms with Gasteiger partial charge in [-0.05, 0) is 57.6 Å². The van der Waals surface area contributed by atoms with E-state index in [1.165, 1.54) is 10.7 Å². The fourth-order valence-electron chi connectivity index (χ4n) is 5.25. The Balaban J connectivity index is 1.49. The van der Waals surface area contributed by atoms with Crippen molar-refractivity contribution in [3.8, 4) is 0 Å². The molecule has 192 valence electrons. The zero-order valence-corrected chi connectivity index (χ0v) is 20.8. The predicted molar refractivity (Wildman–Crippen MR) is 136 cm³/mol. The first kappa shape index (κ1) is 24.3. The average molecular weight is 496 g/mol. The Morgan fingerprint density at radius 2 is 2.06 bits per heavy atom. The van der Waals surface area contributed by atoms with E-state index in [0.29, 0.717) is 17.3 Å². The summed E-state index contributed by atoms with van der Waals surface area (Å²) in [5.41, 5.74) is 6.12. The molecule has 2 saturated carbocycles. The summed E-state index contributed by atoms with van der Waals surface area (Å²) >= 11 is 0. The van der Waals surface area contributed by atoms with Crippen LogP contribution in [0.15, 0.2) is 35.4 Å². The molecule has 0 unspecified atom stereocenters. The average Bonchev–Trinajstić information content (AvgIpc) is 3.29. The lowest BCUT2D eigenvalue weighted by Gasteiger charge is -2.40. The molecule has 2 aliphatic carbocycles. The van der Waals surface area contributed by atoms with E-state index in [0.717, 1.165) is 38.5 Å². The summed E-state index contributed by atoms with van der Waals surface area (Å²) < 4.78 is 8.96. The number of carbonyl (C=O) groups is 1. The fourth-order valence-corrected chi connectivity index (χ4v) is 5.25. The van der Waals surface area contributed by atoms with Crippen molar-refractivity contribution in [3.05, 3.63) is 46.5 Å². The predicted octanol–water partition coefficient (Wildman–Crippen LogP) is 2.21. The number of nitrogens with zero attached hydrogens (tertiary/aromatic N) is 5. The van der Waals surface area contributed by atoms with Crippen molar-refractivity contribution in [3.63, 3.8) is 0 Å². The number of hydrogen-bond acceptors (Lipinski definition) is 8. The van der Waals surface area contributed by atoms with Crippen molar-refractivity contribution in [2.24, 2.45) is 5.73 Å². The number of fused-ring (bicyclic) bond motifs is 1. The number of hydrogen-bond donors (Lipinski definition) is 3. The number of rotatable bonds is 7. The van der Waals surface area contributed by atoms with Crippen molar-refractivity contribution in [2.75, 3.05) is 24.4 Å². The highest BCUT2D eigenvalue weighted by Gasteiger charge is 2.34. The number of nitrogens with one attached hydrogen (secondary N) is 1. The Labute approximate surface area is 208 Å². The van der Waals surface area contributed by atoms with Crippen molar-refractivity contribution in [1.82, 2.24) is 19.2 Å². The highest BCUT2D eigenvalue weighted by molar-refractivity contribution is 5.99. The lowest BCUT2D eigenvalue weighted by Crippen LogP contribution is -2.49. The second-order valence-corrected chi connectivity index (χ2v) is 10.1. The van der Waals surface area contributed by atoms with Crippen molar-refractivity contribution in [1.29, 1.82) is 0 Å². The van der Waals surface area contributed by atoms with Crippen LogP contribution in [0.5, 0.6) is 0 Å². The fraction of sp³-hybridized carbons (Fsp3) is 0.520. The second kappa shape index (κ2) is 9.21. The number of methoxy groups -OCH3 is 1. The summed E-state index contributed by atoms with van der Waals surface area (Å²) in [6.45, 7) is 2.11. The molecule has 0 spiro atoms. The van der Waals surface area contributed by atoms with Crippen LogP contribution in [-0.4, -0.2) is 62.1 Å². The first-order chi connectivity index (χ1) is 17.2. The molecule has 11 nitrogen and oxygen atoms in total. The molecule has 4 N–H and O–H groups in total. The molecule has 0 aliphatic heterocycles. The van der Waals surface area contributed by atoms with Crippen molar-refractivity contribution >= 4 is 28.9 Å². The number of aliphatic hydroxyl groups excluding tert-OH is 1. The summed E-state index contributed by atoms with van der Waals surface area (Å²) in [5, 5.41) is 17.7. The Hall–Kier alpha value is -3.44. The van der Waals surface area contributed by atoms with E-state index in [4.69, 9.17) is 10.5 Å². The molecule has 36 heavy (non-hydrogen) atoms. The van der Waals surface area contributed by atoms with E-state index in [9.17, 15) is 14.7 Å². The van der Waals surface area contributed by atoms with Crippen LogP contribution < -0.4 is 21.5 Å². The van der Waals surface area contributed by atoms with Gasteiger partial charge in [0.15, 0.2) is 5.65 Å². The highest BCUT2D eigenvalue weighted by Crippen LogP contribution is 2.36. The molecule has 0 saturated heterocycles. The molecule has 3 heterocycles. The van der Waals surface area contributed by atoms with Crippen molar-refractivity contribution in [2.45, 2.75) is 69.2 Å². The van der Waals surface area contributed by atoms with Gasteiger partial charge >= 0.3 is 0 Å². The molecular formula is C25H33N7O4. The van der Waals surface area contributed by atoms with Crippen LogP contribution in [0.3, 0.4) is 0 Å². The molecule has 5 rings (SSSR count). The van der Waals surface area contributed by atoms with Gasteiger partial charge in [-0.3, -0.25) is 9.59 Å². The van der Waals surface area contributed by atoms with Crippen LogP contribution in [0.25, 0.3) is 5.65 Å². The first-order valence-corrected chi connectivity index (χ1v) is 12.3. The molecule has 2 aliphatic rings. The van der Waals surface area contributed by atoms with Crippen LogP contribution in [-0.2, 0) is 4.74 Å². The molecule has 3 aromatic heterocycles. The number of likely N-dealkylation sites (N-methyl/N-ethyl adjacent to an activating group) is 1. The zero-order chi connectivity index (χ0) is 25.6. The molecule has 1 amide bonds. The summed E-state index contributed by atoms with van der Waals surface area (Å²) in [6, 6.07) is 5.34. The number of aromatic nitrogens is 4. The third kappa shape index (κ3) is 4.22. The number of carbonyl (C=O) groups excluding carboxylic acids is 1. The third-order valence-electron chi connectivity index (χ3n) is 7.92. The highest BCUT2D eigenvalue weighted by atomic mass is 16.5. The van der Waals surface area contributed by atoms with Gasteiger partial charge in [0.05, 0.1) is 23.9 Å². The van der Waals surface area contributed by atoms with Gasteiger partial charge in [0.1, 0.15) is 22.9 Å². The quantitative estimate of drug-likeness (QED) is 0.453. The van der Waals surface area contributed by atoms with Gasteiger partial charge in [-0.2, -0.15) is 9.61 Å². The van der Waals surface area contributed by atoms with E-state index in [2.05, 4.69) is 22.3 Å². The number of aliphatic hydroxyl groups is 1. The van der Waals surface area contributed by atoms with Gasteiger partial charge in [-0.15, -0.1) is 0 Å². The summed E-state index contributed by atoms with van der Waals surface area (Å²) in [7, 11) is 3.60. The molecule has 2 atom stereocenters. The van der Waals surface area contributed by atoms with Gasteiger partial charge in [-0.25, -0.2) is 4.98 Å². The van der Waals surface area contributed by atoms with E-state index in [1.54, 1.807) is 23.8 Å². The Morgan fingerprint density at radius 3 is 2.67 bits per heavy atom. The van der Waals surface area contributed by atoms with Crippen LogP contribution in [0, 0.1) is 0 Å². The zero-order valence-electron chi connectivity index (χ0n) is 20.8. The van der Waals surface area contributed by atoms with Crippen LogP contribution >= 0.6 is 0 Å². The summed E-state index contributed by atoms with van der Waals surface area (Å²) in [4.78, 5) is 31.9. The Bertz CT molecular complexity index is 1340. The minimum atomic E-state index is -0.644. The Morgan fingerprint density at radius 1 is 1.31 bits per heavy atom. The first-order valence-electron chi connectivity index (χ1n) is 12.3. The minimum absolute atomic E-state index is 0.0808. The van der Waals surface area contributed by atoms with Crippen LogP contribution in [0.2, 0.25) is 0 Å². The summed E-state index contributed by atoms with van der Waals surface area (Å²) in [6.07, 6.45) is 7.81. The number of nitrogens with two attached hydrogens (primary N) is 1. The van der Waals surface area contributed by atoms with Crippen LogP contribution in [0.4, 0.5) is 17.3 Å². The topological polar surface area (TPSA) is 140 Å². The molecular weight excluding hydrogens is 462 g/mol. The van der Waals surface area contributed by atoms with Gasteiger partial charge in [0.2, 0.25) is 0 Å². The molecule has 0 radical (unpaired) electrons. The van der Waals surface area contributed by atoms with E-state index < -0.39 is 12.0 Å². The lowest BCUT2D eigenvalue weighted by molar-refractivity contribution is -0.0324. The lowest BCUT2D eigenvalue weighted by atomic mass is 9.83. The molecule has 11 heteroatoms. The SMILES string of the molecule is COC1(C)CCC(n2cccc(Nc3cc(N(C)[C@@H]4CC[C@@H]4O)n4ncc(C(N)=O)c4n3)c2=O)CC1. The third-order valence-corrected chi connectivity index (χ3v) is 7.92. The van der Waals surface area contributed by atoms with E-state index in [-0.39, 0.29) is 34.5 Å². The minimum Gasteiger partial charge on any atom is -0.391 e. The maximum Gasteiger partial charge on any atom is 0.274 e. The largest absolute Gasteiger partial charge is 0.391 e. The number of amides is 1. The number of pyridine rings is 1. The number of primary amides is 1. The Kier molecular flexibility index (Phi) is 6.21. The van der Waals surface area contributed by atoms with Gasteiger partial charge in [0.25, 0.3) is 11.5 Å². The molecule has 2 fully saturated rings. The normalized spacial score (nSPS) is 25.9. The van der Waals surface area contributed by atoms with E-state index in [1.807, 2.05) is 24.2 Å². The van der Waals surface area contributed by atoms with E-state index >= 15 is 0 Å². The summed E-state index contributed by atoms with van der Waals surface area (Å²) in [5.74, 6) is 0.363. The number of ether oxygens (including phenoxy) is 1.